The standard InChI is InChI=1S/C12H9BrO2S/c1-15-10-5-3-2-4-9(10)12(14)11-6-8(13)7-16-11/h2-7H,1H3. The summed E-state index contributed by atoms with van der Waals surface area (Å²) in [6, 6.07) is 9.06. The number of methoxy groups -OCH3 is 1. The summed E-state index contributed by atoms with van der Waals surface area (Å²) in [4.78, 5) is 12.9. The lowest BCUT2D eigenvalue weighted by Crippen LogP contribution is -2.01. The minimum Gasteiger partial charge on any atom is -0.496 e. The van der Waals surface area contributed by atoms with E-state index >= 15 is 0 Å². The molecule has 0 fully saturated rings. The normalized spacial score (nSPS) is 10.1. The van der Waals surface area contributed by atoms with Gasteiger partial charge in [0.15, 0.2) is 0 Å². The highest BCUT2D eigenvalue weighted by Crippen LogP contribution is 2.26. The van der Waals surface area contributed by atoms with Crippen molar-refractivity contribution in [2.24, 2.45) is 0 Å². The molecular weight excluding hydrogens is 288 g/mol. The largest absolute Gasteiger partial charge is 0.496 e. The molecule has 0 aliphatic carbocycles. The first-order valence-electron chi connectivity index (χ1n) is 4.64. The van der Waals surface area contributed by atoms with Gasteiger partial charge in [-0.05, 0) is 34.1 Å². The number of para-hydroxylation sites is 1. The molecule has 4 heteroatoms. The first-order valence-corrected chi connectivity index (χ1v) is 6.31. The second kappa shape index (κ2) is 4.80. The molecule has 0 radical (unpaired) electrons. The average molecular weight is 297 g/mol. The van der Waals surface area contributed by atoms with Crippen LogP contribution in [0.15, 0.2) is 40.2 Å². The number of benzene rings is 1. The van der Waals surface area contributed by atoms with Gasteiger partial charge in [0.25, 0.3) is 0 Å². The van der Waals surface area contributed by atoms with E-state index in [9.17, 15) is 4.79 Å². The first kappa shape index (κ1) is 11.4. The molecule has 0 saturated heterocycles. The van der Waals surface area contributed by atoms with Crippen LogP contribution in [0.3, 0.4) is 0 Å². The van der Waals surface area contributed by atoms with Gasteiger partial charge in [-0.3, -0.25) is 4.79 Å². The van der Waals surface area contributed by atoms with Crippen LogP contribution in [0.1, 0.15) is 15.2 Å². The van der Waals surface area contributed by atoms with Crippen LogP contribution in [0.4, 0.5) is 0 Å². The number of hydrogen-bond donors (Lipinski definition) is 0. The molecule has 0 aliphatic heterocycles. The maximum Gasteiger partial charge on any atom is 0.206 e. The van der Waals surface area contributed by atoms with Crippen molar-refractivity contribution in [2.75, 3.05) is 7.11 Å². The average Bonchev–Trinajstić information content (AvgIpc) is 2.75. The van der Waals surface area contributed by atoms with Crippen LogP contribution >= 0.6 is 27.3 Å². The highest BCUT2D eigenvalue weighted by atomic mass is 79.9. The summed E-state index contributed by atoms with van der Waals surface area (Å²) in [5.41, 5.74) is 0.597. The van der Waals surface area contributed by atoms with E-state index in [1.165, 1.54) is 11.3 Å². The number of halogens is 1. The number of ether oxygens (including phenoxy) is 1. The molecule has 2 rings (SSSR count). The smallest absolute Gasteiger partial charge is 0.206 e. The van der Waals surface area contributed by atoms with E-state index in [0.29, 0.717) is 16.2 Å². The lowest BCUT2D eigenvalue weighted by atomic mass is 10.1. The Balaban J connectivity index is 2.41. The maximum atomic E-state index is 12.1. The molecule has 82 valence electrons. The summed E-state index contributed by atoms with van der Waals surface area (Å²) in [7, 11) is 1.57. The van der Waals surface area contributed by atoms with Gasteiger partial charge in [0.2, 0.25) is 5.78 Å². The molecule has 1 heterocycles. The Morgan fingerprint density at radius 3 is 2.75 bits per heavy atom. The van der Waals surface area contributed by atoms with Gasteiger partial charge in [-0.1, -0.05) is 12.1 Å². The fourth-order valence-corrected chi connectivity index (χ4v) is 2.78. The molecule has 0 amide bonds. The second-order valence-electron chi connectivity index (χ2n) is 3.16. The number of rotatable bonds is 3. The van der Waals surface area contributed by atoms with E-state index in [1.807, 2.05) is 23.6 Å². The Morgan fingerprint density at radius 2 is 2.12 bits per heavy atom. The summed E-state index contributed by atoms with van der Waals surface area (Å²) in [5.74, 6) is 0.602. The monoisotopic (exact) mass is 296 g/mol. The van der Waals surface area contributed by atoms with Crippen LogP contribution in [-0.4, -0.2) is 12.9 Å². The lowest BCUT2D eigenvalue weighted by Gasteiger charge is -2.05. The zero-order valence-corrected chi connectivity index (χ0v) is 11.0. The molecule has 16 heavy (non-hydrogen) atoms. The Kier molecular flexibility index (Phi) is 3.41. The van der Waals surface area contributed by atoms with Crippen LogP contribution in [0.25, 0.3) is 0 Å². The maximum absolute atomic E-state index is 12.1. The lowest BCUT2D eigenvalue weighted by molar-refractivity contribution is 0.103. The third kappa shape index (κ3) is 2.18. The summed E-state index contributed by atoms with van der Waals surface area (Å²) >= 11 is 4.76. The molecule has 0 spiro atoms. The summed E-state index contributed by atoms with van der Waals surface area (Å²) < 4.78 is 6.09. The third-order valence-corrected chi connectivity index (χ3v) is 3.83. The van der Waals surface area contributed by atoms with Crippen LogP contribution in [0.5, 0.6) is 5.75 Å². The fraction of sp³-hybridized carbons (Fsp3) is 0.0833. The van der Waals surface area contributed by atoms with Gasteiger partial charge in [0, 0.05) is 9.85 Å². The number of ketones is 1. The van der Waals surface area contributed by atoms with E-state index in [2.05, 4.69) is 15.9 Å². The van der Waals surface area contributed by atoms with E-state index in [4.69, 9.17) is 4.74 Å². The third-order valence-electron chi connectivity index (χ3n) is 2.14. The van der Waals surface area contributed by atoms with Crippen LogP contribution in [-0.2, 0) is 0 Å². The highest BCUT2D eigenvalue weighted by Gasteiger charge is 2.15. The number of hydrogen-bond acceptors (Lipinski definition) is 3. The van der Waals surface area contributed by atoms with Crippen molar-refractivity contribution in [1.82, 2.24) is 0 Å². The van der Waals surface area contributed by atoms with Gasteiger partial charge in [-0.15, -0.1) is 11.3 Å². The minimum absolute atomic E-state index is 0.00634. The summed E-state index contributed by atoms with van der Waals surface area (Å²) in [5, 5.41) is 1.89. The fourth-order valence-electron chi connectivity index (χ4n) is 1.40. The van der Waals surface area contributed by atoms with Crippen molar-refractivity contribution in [3.05, 3.63) is 50.6 Å². The van der Waals surface area contributed by atoms with Gasteiger partial charge in [0.05, 0.1) is 17.6 Å². The predicted octanol–water partition coefficient (Wildman–Crippen LogP) is 3.75. The number of carbonyl (C=O) groups excluding carboxylic acids is 1. The quantitative estimate of drug-likeness (QED) is 0.807. The molecule has 1 aromatic heterocycles. The summed E-state index contributed by atoms with van der Waals surface area (Å²) in [6.45, 7) is 0. The molecular formula is C12H9BrO2S. The Hall–Kier alpha value is -1.13. The summed E-state index contributed by atoms with van der Waals surface area (Å²) in [6.07, 6.45) is 0. The van der Waals surface area contributed by atoms with E-state index in [1.54, 1.807) is 19.2 Å². The van der Waals surface area contributed by atoms with Crippen molar-refractivity contribution in [2.45, 2.75) is 0 Å². The molecule has 0 saturated carbocycles. The van der Waals surface area contributed by atoms with Crippen molar-refractivity contribution < 1.29 is 9.53 Å². The minimum atomic E-state index is -0.00634. The van der Waals surface area contributed by atoms with Crippen LogP contribution in [0.2, 0.25) is 0 Å². The zero-order valence-electron chi connectivity index (χ0n) is 8.57. The van der Waals surface area contributed by atoms with Gasteiger partial charge in [0.1, 0.15) is 5.75 Å². The van der Waals surface area contributed by atoms with Crippen molar-refractivity contribution in [3.8, 4) is 5.75 Å². The van der Waals surface area contributed by atoms with Gasteiger partial charge in [-0.2, -0.15) is 0 Å². The van der Waals surface area contributed by atoms with Crippen molar-refractivity contribution >= 4 is 33.0 Å². The Morgan fingerprint density at radius 1 is 1.38 bits per heavy atom. The van der Waals surface area contributed by atoms with E-state index in [-0.39, 0.29) is 5.78 Å². The Bertz CT molecular complexity index is 519. The molecule has 1 aromatic carbocycles. The number of thiophene rings is 1. The second-order valence-corrected chi connectivity index (χ2v) is 4.99. The van der Waals surface area contributed by atoms with Crippen LogP contribution < -0.4 is 4.74 Å². The van der Waals surface area contributed by atoms with Gasteiger partial charge in [-0.25, -0.2) is 0 Å². The van der Waals surface area contributed by atoms with E-state index in [0.717, 1.165) is 4.47 Å². The number of carbonyl (C=O) groups is 1. The van der Waals surface area contributed by atoms with Gasteiger partial charge < -0.3 is 4.74 Å². The molecule has 0 bridgehead atoms. The van der Waals surface area contributed by atoms with Crippen molar-refractivity contribution in [3.63, 3.8) is 0 Å². The molecule has 0 aliphatic rings. The van der Waals surface area contributed by atoms with E-state index < -0.39 is 0 Å². The first-order chi connectivity index (χ1) is 7.72. The molecule has 2 aromatic rings. The topological polar surface area (TPSA) is 26.3 Å². The molecule has 0 unspecified atom stereocenters. The Labute approximate surface area is 106 Å². The predicted molar refractivity (Wildman–Crippen MR) is 68.4 cm³/mol. The van der Waals surface area contributed by atoms with Gasteiger partial charge >= 0.3 is 0 Å². The van der Waals surface area contributed by atoms with Crippen molar-refractivity contribution in [1.29, 1.82) is 0 Å². The molecule has 2 nitrogen and oxygen atoms in total. The highest BCUT2D eigenvalue weighted by molar-refractivity contribution is 9.10. The zero-order chi connectivity index (χ0) is 11.5. The SMILES string of the molecule is COc1ccccc1C(=O)c1cc(Br)cs1. The van der Waals surface area contributed by atoms with Crippen LogP contribution in [0, 0.1) is 0 Å². The molecule has 0 N–H and O–H groups in total. The molecule has 0 atom stereocenters.